The first kappa shape index (κ1) is 4.34. The molecule has 1 aliphatic heterocycles. The van der Waals surface area contributed by atoms with E-state index in [1.807, 2.05) is 0 Å². The van der Waals surface area contributed by atoms with Crippen LogP contribution in [0, 0.1) is 18.4 Å². The second-order valence-corrected chi connectivity index (χ2v) is 2.64. The van der Waals surface area contributed by atoms with E-state index in [1.165, 1.54) is 6.42 Å². The highest BCUT2D eigenvalue weighted by Crippen LogP contribution is 2.45. The highest BCUT2D eigenvalue weighted by atomic mass is 15.1. The van der Waals surface area contributed by atoms with Crippen molar-refractivity contribution in [2.24, 2.45) is 11.8 Å². The molecule has 0 unspecified atom stereocenters. The Labute approximate surface area is 48.7 Å². The lowest BCUT2D eigenvalue weighted by atomic mass is 10.3. The van der Waals surface area contributed by atoms with Crippen LogP contribution in [0.15, 0.2) is 0 Å². The SMILES string of the molecule is [C-]#[N+][C@H]1NC[C@H]2C[C@H]21. The summed E-state index contributed by atoms with van der Waals surface area (Å²) < 4.78 is 0. The van der Waals surface area contributed by atoms with E-state index in [0.717, 1.165) is 18.4 Å². The minimum absolute atomic E-state index is 0.181. The van der Waals surface area contributed by atoms with E-state index in [-0.39, 0.29) is 6.17 Å². The molecule has 2 aliphatic rings. The minimum atomic E-state index is 0.181. The first-order chi connectivity index (χ1) is 3.92. The van der Waals surface area contributed by atoms with Gasteiger partial charge in [-0.2, -0.15) is 0 Å². The summed E-state index contributed by atoms with van der Waals surface area (Å²) in [5, 5.41) is 3.15. The first-order valence-corrected chi connectivity index (χ1v) is 3.02. The summed E-state index contributed by atoms with van der Waals surface area (Å²) in [5.41, 5.74) is 0. The van der Waals surface area contributed by atoms with Crippen LogP contribution in [0.4, 0.5) is 0 Å². The molecule has 0 spiro atoms. The zero-order valence-electron chi connectivity index (χ0n) is 4.59. The van der Waals surface area contributed by atoms with E-state index < -0.39 is 0 Å². The largest absolute Gasteiger partial charge is 0.296 e. The van der Waals surface area contributed by atoms with Crippen molar-refractivity contribution in [2.75, 3.05) is 6.54 Å². The molecule has 8 heavy (non-hydrogen) atoms. The van der Waals surface area contributed by atoms with Crippen LogP contribution >= 0.6 is 0 Å². The van der Waals surface area contributed by atoms with Gasteiger partial charge in [-0.3, -0.25) is 4.85 Å². The van der Waals surface area contributed by atoms with Crippen LogP contribution in [0.1, 0.15) is 6.42 Å². The lowest BCUT2D eigenvalue weighted by molar-refractivity contribution is 0.626. The minimum Gasteiger partial charge on any atom is -0.296 e. The van der Waals surface area contributed by atoms with E-state index >= 15 is 0 Å². The monoisotopic (exact) mass is 108 g/mol. The van der Waals surface area contributed by atoms with Gasteiger partial charge in [0.25, 0.3) is 6.17 Å². The van der Waals surface area contributed by atoms with Crippen LogP contribution in [0.25, 0.3) is 4.85 Å². The van der Waals surface area contributed by atoms with E-state index in [2.05, 4.69) is 10.2 Å². The number of fused-ring (bicyclic) bond motifs is 1. The quantitative estimate of drug-likeness (QED) is 0.446. The molecule has 1 heterocycles. The molecule has 1 aliphatic carbocycles. The molecule has 1 N–H and O–H groups in total. The molecule has 0 aromatic rings. The second-order valence-electron chi connectivity index (χ2n) is 2.64. The van der Waals surface area contributed by atoms with Crippen molar-refractivity contribution in [1.82, 2.24) is 5.32 Å². The average Bonchev–Trinajstić information content (AvgIpc) is 2.46. The molecule has 3 atom stereocenters. The van der Waals surface area contributed by atoms with Gasteiger partial charge in [0.05, 0.1) is 5.92 Å². The summed E-state index contributed by atoms with van der Waals surface area (Å²) in [7, 11) is 0. The number of piperidine rings is 1. The maximum atomic E-state index is 6.72. The van der Waals surface area contributed by atoms with Gasteiger partial charge >= 0.3 is 0 Å². The predicted octanol–water partition coefficient (Wildman–Crippen LogP) is 0.471. The fourth-order valence-electron chi connectivity index (χ4n) is 1.46. The van der Waals surface area contributed by atoms with Crippen molar-refractivity contribution >= 4 is 0 Å². The third kappa shape index (κ3) is 0.399. The fourth-order valence-corrected chi connectivity index (χ4v) is 1.46. The second kappa shape index (κ2) is 1.24. The summed E-state index contributed by atoms with van der Waals surface area (Å²) in [6, 6.07) is 0. The van der Waals surface area contributed by atoms with Crippen molar-refractivity contribution in [1.29, 1.82) is 0 Å². The molecule has 1 saturated carbocycles. The third-order valence-corrected chi connectivity index (χ3v) is 2.11. The molecular weight excluding hydrogens is 100 g/mol. The number of nitrogens with one attached hydrogen (secondary N) is 1. The van der Waals surface area contributed by atoms with Crippen LogP contribution in [0.5, 0.6) is 0 Å². The van der Waals surface area contributed by atoms with Crippen LogP contribution < -0.4 is 5.32 Å². The smallest absolute Gasteiger partial charge is 0.280 e. The van der Waals surface area contributed by atoms with Gasteiger partial charge in [-0.15, -0.1) is 0 Å². The van der Waals surface area contributed by atoms with Crippen molar-refractivity contribution in [2.45, 2.75) is 12.6 Å². The van der Waals surface area contributed by atoms with Gasteiger partial charge < -0.3 is 0 Å². The van der Waals surface area contributed by atoms with Crippen molar-refractivity contribution in [3.05, 3.63) is 11.4 Å². The molecule has 2 heteroatoms. The van der Waals surface area contributed by atoms with Gasteiger partial charge in [0.1, 0.15) is 0 Å². The van der Waals surface area contributed by atoms with Gasteiger partial charge in [-0.1, -0.05) is 0 Å². The summed E-state index contributed by atoms with van der Waals surface area (Å²) in [5.74, 6) is 1.60. The molecule has 42 valence electrons. The summed E-state index contributed by atoms with van der Waals surface area (Å²) in [6.07, 6.45) is 1.49. The molecule has 0 aromatic heterocycles. The first-order valence-electron chi connectivity index (χ1n) is 3.02. The molecular formula is C6H8N2. The molecule has 1 saturated heterocycles. The molecule has 2 rings (SSSR count). The number of hydrogen-bond acceptors (Lipinski definition) is 1. The Morgan fingerprint density at radius 1 is 1.62 bits per heavy atom. The van der Waals surface area contributed by atoms with Crippen LogP contribution in [-0.2, 0) is 0 Å². The predicted molar refractivity (Wildman–Crippen MR) is 30.0 cm³/mol. The number of nitrogens with zero attached hydrogens (tertiary/aromatic N) is 1. The fraction of sp³-hybridized carbons (Fsp3) is 0.833. The zero-order valence-corrected chi connectivity index (χ0v) is 4.59. The maximum Gasteiger partial charge on any atom is 0.280 e. The Hall–Kier alpha value is -0.550. The Kier molecular flexibility index (Phi) is 0.671. The van der Waals surface area contributed by atoms with Gasteiger partial charge in [0.2, 0.25) is 0 Å². The van der Waals surface area contributed by atoms with Gasteiger partial charge in [0, 0.05) is 6.54 Å². The number of hydrogen-bond donors (Lipinski definition) is 1. The summed E-state index contributed by atoms with van der Waals surface area (Å²) >= 11 is 0. The molecule has 0 radical (unpaired) electrons. The Balaban J connectivity index is 2.09. The summed E-state index contributed by atoms with van der Waals surface area (Å²) in [4.78, 5) is 3.45. The van der Waals surface area contributed by atoms with Crippen LogP contribution in [0.3, 0.4) is 0 Å². The van der Waals surface area contributed by atoms with Gasteiger partial charge in [-0.05, 0) is 12.3 Å². The highest BCUT2D eigenvalue weighted by molar-refractivity contribution is 5.05. The van der Waals surface area contributed by atoms with Crippen LogP contribution in [0.2, 0.25) is 0 Å². The molecule has 2 nitrogen and oxygen atoms in total. The van der Waals surface area contributed by atoms with Gasteiger partial charge in [-0.25, -0.2) is 11.9 Å². The van der Waals surface area contributed by atoms with Crippen LogP contribution in [-0.4, -0.2) is 12.7 Å². The van der Waals surface area contributed by atoms with E-state index in [9.17, 15) is 0 Å². The molecule has 0 aromatic carbocycles. The van der Waals surface area contributed by atoms with Crippen molar-refractivity contribution in [3.8, 4) is 0 Å². The van der Waals surface area contributed by atoms with E-state index in [4.69, 9.17) is 6.57 Å². The van der Waals surface area contributed by atoms with Gasteiger partial charge in [0.15, 0.2) is 0 Å². The Morgan fingerprint density at radius 3 is 2.75 bits per heavy atom. The molecule has 0 amide bonds. The maximum absolute atomic E-state index is 6.72. The Bertz CT molecular complexity index is 147. The molecule has 2 fully saturated rings. The van der Waals surface area contributed by atoms with E-state index in [1.54, 1.807) is 0 Å². The Morgan fingerprint density at radius 2 is 2.50 bits per heavy atom. The van der Waals surface area contributed by atoms with Crippen molar-refractivity contribution < 1.29 is 0 Å². The highest BCUT2D eigenvalue weighted by Gasteiger charge is 2.52. The lowest BCUT2D eigenvalue weighted by Crippen LogP contribution is -2.21. The van der Waals surface area contributed by atoms with E-state index in [0.29, 0.717) is 0 Å². The molecule has 0 bridgehead atoms. The van der Waals surface area contributed by atoms with Crippen molar-refractivity contribution in [3.63, 3.8) is 0 Å². The number of rotatable bonds is 0. The topological polar surface area (TPSA) is 16.4 Å². The average molecular weight is 108 g/mol. The lowest BCUT2D eigenvalue weighted by Gasteiger charge is -1.95. The normalized spacial score (nSPS) is 50.1. The third-order valence-electron chi connectivity index (χ3n) is 2.11. The zero-order chi connectivity index (χ0) is 5.56. The standard InChI is InChI=1S/C6H8N2/c1-7-6-5-2-4(5)3-8-6/h4-6,8H,2-3H2/t4-,5-,6+/m1/s1. The summed E-state index contributed by atoms with van der Waals surface area (Å²) in [6.45, 7) is 7.81.